The van der Waals surface area contributed by atoms with Gasteiger partial charge in [-0.05, 0) is 55.3 Å². The van der Waals surface area contributed by atoms with Crippen LogP contribution < -0.4 is 5.32 Å². The topological polar surface area (TPSA) is 32.3 Å². The van der Waals surface area contributed by atoms with Crippen LogP contribution in [0.25, 0.3) is 11.1 Å². The molecule has 3 nitrogen and oxygen atoms in total. The number of hydrogen-bond donors (Lipinski definition) is 1. The van der Waals surface area contributed by atoms with Crippen LogP contribution in [-0.4, -0.2) is 37.0 Å². The van der Waals surface area contributed by atoms with Gasteiger partial charge in [-0.3, -0.25) is 4.79 Å². The van der Waals surface area contributed by atoms with Gasteiger partial charge in [0.05, 0.1) is 11.1 Å². The number of nitrogens with one attached hydrogen (secondary N) is 1. The van der Waals surface area contributed by atoms with Crippen LogP contribution in [0.3, 0.4) is 0 Å². The number of carbonyl (C=O) groups excluding carboxylic acids is 1. The van der Waals surface area contributed by atoms with Gasteiger partial charge in [-0.15, -0.1) is 12.4 Å². The zero-order chi connectivity index (χ0) is 19.6. The Morgan fingerprint density at radius 1 is 1.11 bits per heavy atom. The summed E-state index contributed by atoms with van der Waals surface area (Å²) in [5.74, 6) is -0.962. The van der Waals surface area contributed by atoms with E-state index in [9.17, 15) is 22.4 Å². The Balaban J connectivity index is 0.00000280. The fourth-order valence-corrected chi connectivity index (χ4v) is 3.35. The van der Waals surface area contributed by atoms with Crippen LogP contribution in [0.4, 0.5) is 17.6 Å². The third kappa shape index (κ3) is 4.83. The van der Waals surface area contributed by atoms with E-state index in [1.54, 1.807) is 4.90 Å². The number of carbonyl (C=O) groups is 1. The zero-order valence-electron chi connectivity index (χ0n) is 15.2. The molecule has 0 aromatic heterocycles. The van der Waals surface area contributed by atoms with Crippen molar-refractivity contribution >= 4 is 18.3 Å². The Hall–Kier alpha value is -2.12. The van der Waals surface area contributed by atoms with E-state index in [2.05, 4.69) is 5.32 Å². The van der Waals surface area contributed by atoms with Crippen LogP contribution in [0.1, 0.15) is 28.8 Å². The molecule has 0 radical (unpaired) electrons. The van der Waals surface area contributed by atoms with E-state index >= 15 is 0 Å². The van der Waals surface area contributed by atoms with E-state index in [1.165, 1.54) is 18.2 Å². The maximum atomic E-state index is 13.8. The number of rotatable bonds is 3. The maximum absolute atomic E-state index is 13.8. The molecule has 1 saturated heterocycles. The lowest BCUT2D eigenvalue weighted by molar-refractivity contribution is -0.137. The highest BCUT2D eigenvalue weighted by Gasteiger charge is 2.31. The first-order chi connectivity index (χ1) is 12.8. The molecule has 1 amide bonds. The first-order valence-electron chi connectivity index (χ1n) is 8.73. The summed E-state index contributed by atoms with van der Waals surface area (Å²) >= 11 is 0. The van der Waals surface area contributed by atoms with Gasteiger partial charge in [-0.2, -0.15) is 13.2 Å². The third-order valence-corrected chi connectivity index (χ3v) is 4.90. The predicted molar refractivity (Wildman–Crippen MR) is 102 cm³/mol. The number of nitrogens with zero attached hydrogens (tertiary/aromatic N) is 1. The van der Waals surface area contributed by atoms with Crippen LogP contribution >= 0.6 is 12.4 Å². The van der Waals surface area contributed by atoms with Crippen LogP contribution in [0, 0.1) is 5.82 Å². The van der Waals surface area contributed by atoms with Crippen molar-refractivity contribution in [3.05, 3.63) is 59.4 Å². The van der Waals surface area contributed by atoms with E-state index in [-0.39, 0.29) is 29.4 Å². The van der Waals surface area contributed by atoms with Gasteiger partial charge in [0.2, 0.25) is 0 Å². The number of piperidine rings is 1. The second-order valence-electron chi connectivity index (χ2n) is 6.62. The molecule has 0 bridgehead atoms. The van der Waals surface area contributed by atoms with Crippen molar-refractivity contribution < 1.29 is 22.4 Å². The van der Waals surface area contributed by atoms with Crippen molar-refractivity contribution in [2.75, 3.05) is 20.1 Å². The largest absolute Gasteiger partial charge is 0.416 e. The summed E-state index contributed by atoms with van der Waals surface area (Å²) in [6.45, 7) is 1.03. The molecule has 0 spiro atoms. The van der Waals surface area contributed by atoms with Gasteiger partial charge in [-0.25, -0.2) is 4.39 Å². The Morgan fingerprint density at radius 2 is 1.79 bits per heavy atom. The molecular weight excluding hydrogens is 396 g/mol. The van der Waals surface area contributed by atoms with Crippen LogP contribution in [0.15, 0.2) is 42.5 Å². The first-order valence-corrected chi connectivity index (χ1v) is 8.73. The molecule has 3 rings (SSSR count). The average molecular weight is 417 g/mol. The molecule has 1 aliphatic rings. The number of amides is 1. The maximum Gasteiger partial charge on any atom is 0.416 e. The van der Waals surface area contributed by atoms with Crippen molar-refractivity contribution in [3.8, 4) is 11.1 Å². The first kappa shape index (κ1) is 22.2. The number of halogens is 5. The van der Waals surface area contributed by atoms with Gasteiger partial charge in [0.25, 0.3) is 5.91 Å². The Kier molecular flexibility index (Phi) is 7.06. The Labute approximate surface area is 167 Å². The molecule has 1 aliphatic heterocycles. The van der Waals surface area contributed by atoms with Crippen LogP contribution in [-0.2, 0) is 6.18 Å². The van der Waals surface area contributed by atoms with Crippen molar-refractivity contribution in [3.63, 3.8) is 0 Å². The molecule has 1 N–H and O–H groups in total. The average Bonchev–Trinajstić information content (AvgIpc) is 2.67. The molecule has 0 aliphatic carbocycles. The van der Waals surface area contributed by atoms with Crippen LogP contribution in [0.5, 0.6) is 0 Å². The molecule has 1 heterocycles. The van der Waals surface area contributed by atoms with E-state index in [1.807, 2.05) is 7.05 Å². The fraction of sp³-hybridized carbons (Fsp3) is 0.350. The highest BCUT2D eigenvalue weighted by atomic mass is 35.5. The van der Waals surface area contributed by atoms with Gasteiger partial charge in [0, 0.05) is 19.1 Å². The molecule has 2 aromatic carbocycles. The molecule has 0 saturated carbocycles. The molecule has 0 atom stereocenters. The highest BCUT2D eigenvalue weighted by Crippen LogP contribution is 2.34. The minimum absolute atomic E-state index is 0. The highest BCUT2D eigenvalue weighted by molar-refractivity contribution is 6.01. The normalized spacial score (nSPS) is 15.2. The zero-order valence-corrected chi connectivity index (χ0v) is 16.0. The lowest BCUT2D eigenvalue weighted by Gasteiger charge is -2.32. The number of hydrogen-bond acceptors (Lipinski definition) is 2. The fourth-order valence-electron chi connectivity index (χ4n) is 3.35. The quantitative estimate of drug-likeness (QED) is 0.732. The van der Waals surface area contributed by atoms with Crippen LogP contribution in [0.2, 0.25) is 0 Å². The van der Waals surface area contributed by atoms with E-state index in [0.717, 1.165) is 37.1 Å². The lowest BCUT2D eigenvalue weighted by Crippen LogP contribution is -2.44. The van der Waals surface area contributed by atoms with E-state index < -0.39 is 17.6 Å². The summed E-state index contributed by atoms with van der Waals surface area (Å²) in [4.78, 5) is 14.6. The molecule has 0 unspecified atom stereocenters. The van der Waals surface area contributed by atoms with Gasteiger partial charge in [0.15, 0.2) is 0 Å². The van der Waals surface area contributed by atoms with Crippen molar-refractivity contribution in [1.82, 2.24) is 10.2 Å². The smallest absolute Gasteiger partial charge is 0.339 e. The Morgan fingerprint density at radius 3 is 2.39 bits per heavy atom. The molecule has 28 heavy (non-hydrogen) atoms. The van der Waals surface area contributed by atoms with Gasteiger partial charge in [-0.1, -0.05) is 18.2 Å². The number of likely N-dealkylation sites (tertiary alicyclic amines) is 1. The summed E-state index contributed by atoms with van der Waals surface area (Å²) in [7, 11) is 1.86. The SMILES string of the molecule is CNC1CCN(C(=O)c2cc(F)ccc2-c2cccc(C(F)(F)F)c2)CC1.Cl. The minimum Gasteiger partial charge on any atom is -0.339 e. The van der Waals surface area contributed by atoms with E-state index in [4.69, 9.17) is 0 Å². The minimum atomic E-state index is -4.49. The summed E-state index contributed by atoms with van der Waals surface area (Å²) in [5, 5.41) is 3.17. The van der Waals surface area contributed by atoms with Crippen molar-refractivity contribution in [2.45, 2.75) is 25.1 Å². The number of alkyl halides is 3. The third-order valence-electron chi connectivity index (χ3n) is 4.90. The molecule has 8 heteroatoms. The molecule has 2 aromatic rings. The van der Waals surface area contributed by atoms with Crippen molar-refractivity contribution in [2.24, 2.45) is 0 Å². The molecular formula is C20H21ClF4N2O. The Bertz CT molecular complexity index is 833. The number of benzene rings is 2. The summed E-state index contributed by atoms with van der Waals surface area (Å²) in [5.41, 5.74) is -0.198. The van der Waals surface area contributed by atoms with Gasteiger partial charge < -0.3 is 10.2 Å². The molecule has 152 valence electrons. The lowest BCUT2D eigenvalue weighted by atomic mass is 9.96. The standard InChI is InChI=1S/C20H20F4N2O.ClH/c1-25-16-7-9-26(10-8-16)19(27)18-12-15(21)5-6-17(18)13-3-2-4-14(11-13)20(22,23)24;/h2-6,11-12,16,25H,7-10H2,1H3;1H. The van der Waals surface area contributed by atoms with Gasteiger partial charge >= 0.3 is 6.18 Å². The summed E-state index contributed by atoms with van der Waals surface area (Å²) in [6, 6.07) is 8.67. The summed E-state index contributed by atoms with van der Waals surface area (Å²) in [6.07, 6.45) is -2.94. The monoisotopic (exact) mass is 416 g/mol. The van der Waals surface area contributed by atoms with Crippen molar-refractivity contribution in [1.29, 1.82) is 0 Å². The summed E-state index contributed by atoms with van der Waals surface area (Å²) < 4.78 is 52.9. The second-order valence-corrected chi connectivity index (χ2v) is 6.62. The van der Waals surface area contributed by atoms with E-state index in [0.29, 0.717) is 24.7 Å². The second kappa shape index (κ2) is 8.92. The van der Waals surface area contributed by atoms with Gasteiger partial charge in [0.1, 0.15) is 5.82 Å². The predicted octanol–water partition coefficient (Wildman–Crippen LogP) is 4.76. The molecule has 1 fully saturated rings.